The van der Waals surface area contributed by atoms with E-state index in [0.29, 0.717) is 29.9 Å². The van der Waals surface area contributed by atoms with Gasteiger partial charge in [-0.2, -0.15) is 13.2 Å². The largest absolute Gasteiger partial charge is 0.405 e. The number of nitrogens with one attached hydrogen (secondary N) is 2. The van der Waals surface area contributed by atoms with Gasteiger partial charge in [0.05, 0.1) is 11.3 Å². The van der Waals surface area contributed by atoms with E-state index in [2.05, 4.69) is 25.6 Å². The number of benzene rings is 1. The third kappa shape index (κ3) is 2.73. The molecule has 9 heteroatoms. The van der Waals surface area contributed by atoms with Crippen LogP contribution in [-0.4, -0.2) is 41.5 Å². The average molecular weight is 375 g/mol. The Hall–Kier alpha value is -2.97. The number of carbonyl (C=O) groups is 1. The standard InChI is InChI=1S/C18H16F3N5O/c1-22-14-11-8-23-16(24-9-18(19,20)21)25-13(11)17(15(27)26-14)7-6-10-4-2-3-5-12(10)17/h2-5,8H,6-7,9H2,1H3,(H,22,26,27)(H,23,24,25)/t17-/m1/s1. The third-order valence-electron chi connectivity index (χ3n) is 4.98. The molecule has 4 rings (SSSR count). The molecular weight excluding hydrogens is 359 g/mol. The Labute approximate surface area is 152 Å². The average Bonchev–Trinajstić information content (AvgIpc) is 3.03. The fraction of sp³-hybridized carbons (Fsp3) is 0.333. The molecule has 1 amide bonds. The van der Waals surface area contributed by atoms with Crippen molar-refractivity contribution in [2.75, 3.05) is 18.9 Å². The molecule has 0 fully saturated rings. The van der Waals surface area contributed by atoms with Gasteiger partial charge in [-0.05, 0) is 24.0 Å². The van der Waals surface area contributed by atoms with Crippen LogP contribution in [0.1, 0.15) is 28.8 Å². The Morgan fingerprint density at radius 3 is 2.85 bits per heavy atom. The van der Waals surface area contributed by atoms with Gasteiger partial charge in [-0.25, -0.2) is 9.97 Å². The van der Waals surface area contributed by atoms with Crippen molar-refractivity contribution in [1.82, 2.24) is 15.3 Å². The molecule has 140 valence electrons. The normalized spacial score (nSPS) is 22.5. The van der Waals surface area contributed by atoms with Crippen molar-refractivity contribution in [1.29, 1.82) is 0 Å². The molecule has 1 aliphatic heterocycles. The zero-order valence-electron chi connectivity index (χ0n) is 14.4. The number of fused-ring (bicyclic) bond motifs is 4. The smallest absolute Gasteiger partial charge is 0.345 e. The molecule has 0 saturated heterocycles. The molecule has 6 nitrogen and oxygen atoms in total. The highest BCUT2D eigenvalue weighted by molar-refractivity contribution is 6.16. The van der Waals surface area contributed by atoms with Crippen LogP contribution in [0.2, 0.25) is 0 Å². The molecule has 1 atom stereocenters. The quantitative estimate of drug-likeness (QED) is 0.843. The summed E-state index contributed by atoms with van der Waals surface area (Å²) in [6.45, 7) is -1.25. The third-order valence-corrected chi connectivity index (χ3v) is 4.98. The number of aliphatic imine (C=N–C) groups is 1. The highest BCUT2D eigenvalue weighted by Gasteiger charge is 2.52. The van der Waals surface area contributed by atoms with Gasteiger partial charge < -0.3 is 10.6 Å². The van der Waals surface area contributed by atoms with E-state index in [0.717, 1.165) is 11.1 Å². The lowest BCUT2D eigenvalue weighted by Crippen LogP contribution is -2.52. The van der Waals surface area contributed by atoms with Crippen molar-refractivity contribution in [2.24, 2.45) is 4.99 Å². The van der Waals surface area contributed by atoms with Crippen molar-refractivity contribution in [2.45, 2.75) is 24.4 Å². The maximum atomic E-state index is 13.1. The SMILES string of the molecule is CN=C1NC(=O)[C@@]2(CCc3ccccc32)c2nc(NCC(F)(F)F)ncc21. The van der Waals surface area contributed by atoms with Gasteiger partial charge in [0.1, 0.15) is 17.8 Å². The van der Waals surface area contributed by atoms with Gasteiger partial charge in [0.2, 0.25) is 11.9 Å². The van der Waals surface area contributed by atoms with Crippen molar-refractivity contribution < 1.29 is 18.0 Å². The Morgan fingerprint density at radius 1 is 1.33 bits per heavy atom. The van der Waals surface area contributed by atoms with Crippen LogP contribution in [-0.2, 0) is 16.6 Å². The van der Waals surface area contributed by atoms with E-state index in [1.54, 1.807) is 0 Å². The van der Waals surface area contributed by atoms with Crippen molar-refractivity contribution in [3.8, 4) is 0 Å². The summed E-state index contributed by atoms with van der Waals surface area (Å²) in [6.07, 6.45) is -1.83. The first-order valence-corrected chi connectivity index (χ1v) is 8.40. The minimum absolute atomic E-state index is 0.167. The monoisotopic (exact) mass is 375 g/mol. The van der Waals surface area contributed by atoms with Crippen LogP contribution in [0, 0.1) is 0 Å². The summed E-state index contributed by atoms with van der Waals surface area (Å²) < 4.78 is 37.6. The van der Waals surface area contributed by atoms with Gasteiger partial charge in [-0.1, -0.05) is 24.3 Å². The number of rotatable bonds is 2. The summed E-state index contributed by atoms with van der Waals surface area (Å²) in [7, 11) is 1.52. The van der Waals surface area contributed by atoms with Crippen molar-refractivity contribution >= 4 is 17.7 Å². The fourth-order valence-electron chi connectivity index (χ4n) is 3.80. The molecule has 27 heavy (non-hydrogen) atoms. The summed E-state index contributed by atoms with van der Waals surface area (Å²) in [5.74, 6) is -0.131. The molecule has 1 aliphatic carbocycles. The van der Waals surface area contributed by atoms with E-state index in [1.807, 2.05) is 24.3 Å². The van der Waals surface area contributed by atoms with Crippen LogP contribution in [0.25, 0.3) is 0 Å². The van der Waals surface area contributed by atoms with Gasteiger partial charge in [-0.3, -0.25) is 9.79 Å². The Balaban J connectivity index is 1.88. The van der Waals surface area contributed by atoms with Crippen LogP contribution >= 0.6 is 0 Å². The second-order valence-electron chi connectivity index (χ2n) is 6.51. The number of amides is 1. The number of nitrogens with zero attached hydrogens (tertiary/aromatic N) is 3. The molecule has 2 aromatic rings. The molecule has 2 heterocycles. The molecule has 1 aromatic heterocycles. The molecular formula is C18H16F3N5O. The van der Waals surface area contributed by atoms with Crippen molar-refractivity contribution in [3.05, 3.63) is 52.8 Å². The van der Waals surface area contributed by atoms with Gasteiger partial charge in [-0.15, -0.1) is 0 Å². The van der Waals surface area contributed by atoms with Gasteiger partial charge in [0.15, 0.2) is 0 Å². The van der Waals surface area contributed by atoms with E-state index in [1.165, 1.54) is 13.2 Å². The lowest BCUT2D eigenvalue weighted by molar-refractivity contribution is -0.124. The predicted molar refractivity (Wildman–Crippen MR) is 92.7 cm³/mol. The summed E-state index contributed by atoms with van der Waals surface area (Å²) >= 11 is 0. The van der Waals surface area contributed by atoms with E-state index in [9.17, 15) is 18.0 Å². The van der Waals surface area contributed by atoms with E-state index < -0.39 is 18.1 Å². The Bertz CT molecular complexity index is 956. The summed E-state index contributed by atoms with van der Waals surface area (Å²) in [4.78, 5) is 25.5. The second kappa shape index (κ2) is 6.04. The Morgan fingerprint density at radius 2 is 2.11 bits per heavy atom. The minimum Gasteiger partial charge on any atom is -0.345 e. The first-order valence-electron chi connectivity index (χ1n) is 8.40. The summed E-state index contributed by atoms with van der Waals surface area (Å²) in [5, 5.41) is 5.00. The number of carbonyl (C=O) groups excluding carboxylic acids is 1. The topological polar surface area (TPSA) is 79.3 Å². The second-order valence-corrected chi connectivity index (χ2v) is 6.51. The molecule has 1 spiro atoms. The molecule has 2 aliphatic rings. The van der Waals surface area contributed by atoms with Gasteiger partial charge in [0, 0.05) is 13.2 Å². The number of anilines is 1. The van der Waals surface area contributed by atoms with Gasteiger partial charge in [0.25, 0.3) is 0 Å². The zero-order chi connectivity index (χ0) is 19.2. The maximum Gasteiger partial charge on any atom is 0.405 e. The number of amidine groups is 1. The number of hydrogen-bond donors (Lipinski definition) is 2. The summed E-state index contributed by atoms with van der Waals surface area (Å²) in [5.41, 5.74) is 1.69. The lowest BCUT2D eigenvalue weighted by atomic mass is 9.74. The number of halogens is 3. The summed E-state index contributed by atoms with van der Waals surface area (Å²) in [6, 6.07) is 7.55. The fourth-order valence-corrected chi connectivity index (χ4v) is 3.80. The number of hydrogen-bond acceptors (Lipinski definition) is 5. The molecule has 2 N–H and O–H groups in total. The number of aryl methyl sites for hydroxylation is 1. The molecule has 0 saturated carbocycles. The van der Waals surface area contributed by atoms with E-state index >= 15 is 0 Å². The van der Waals surface area contributed by atoms with Crippen molar-refractivity contribution in [3.63, 3.8) is 0 Å². The van der Waals surface area contributed by atoms with E-state index in [-0.39, 0.29) is 11.9 Å². The lowest BCUT2D eigenvalue weighted by Gasteiger charge is -2.35. The zero-order valence-corrected chi connectivity index (χ0v) is 14.4. The molecule has 0 radical (unpaired) electrons. The van der Waals surface area contributed by atoms with E-state index in [4.69, 9.17) is 0 Å². The van der Waals surface area contributed by atoms with Gasteiger partial charge >= 0.3 is 6.18 Å². The van der Waals surface area contributed by atoms with Crippen LogP contribution < -0.4 is 10.6 Å². The Kier molecular flexibility index (Phi) is 3.90. The first kappa shape index (κ1) is 17.4. The highest BCUT2D eigenvalue weighted by atomic mass is 19.4. The van der Waals surface area contributed by atoms with Crippen LogP contribution in [0.5, 0.6) is 0 Å². The molecule has 1 aromatic carbocycles. The first-order chi connectivity index (χ1) is 12.8. The van der Waals surface area contributed by atoms with Crippen LogP contribution in [0.3, 0.4) is 0 Å². The maximum absolute atomic E-state index is 13.1. The highest BCUT2D eigenvalue weighted by Crippen LogP contribution is 2.46. The number of alkyl halides is 3. The van der Waals surface area contributed by atoms with Crippen LogP contribution in [0.4, 0.5) is 19.1 Å². The molecule has 0 bridgehead atoms. The molecule has 0 unspecified atom stereocenters. The predicted octanol–water partition coefficient (Wildman–Crippen LogP) is 2.19. The number of aromatic nitrogens is 2. The van der Waals surface area contributed by atoms with Crippen LogP contribution in [0.15, 0.2) is 35.5 Å². The minimum atomic E-state index is -4.40.